The van der Waals surface area contributed by atoms with Crippen LogP contribution in [-0.4, -0.2) is 35.0 Å². The molecule has 0 aliphatic carbocycles. The first-order valence-corrected chi connectivity index (χ1v) is 10.1. The Kier molecular flexibility index (Phi) is 5.45. The number of thiazole rings is 1. The second-order valence-corrected chi connectivity index (χ2v) is 8.22. The third-order valence-corrected chi connectivity index (χ3v) is 5.90. The standard InChI is InChI=1S/C21H23FN4S/c1-26-10-2-3-16(14-26)11-15-4-9-20(23-12-15)25-21-24-13-19(27-21)17-5-7-18(22)8-6-17/h4-9,12-13,16H,2-3,10-11,14H2,1H3,(H,23,24,25)/t16-/m0/s1. The highest BCUT2D eigenvalue weighted by molar-refractivity contribution is 7.18. The predicted octanol–water partition coefficient (Wildman–Crippen LogP) is 4.97. The Morgan fingerprint density at radius 3 is 2.74 bits per heavy atom. The Balaban J connectivity index is 1.38. The van der Waals surface area contributed by atoms with E-state index in [9.17, 15) is 4.39 Å². The van der Waals surface area contributed by atoms with Crippen LogP contribution in [0.15, 0.2) is 48.8 Å². The first kappa shape index (κ1) is 18.1. The van der Waals surface area contributed by atoms with Gasteiger partial charge in [0, 0.05) is 18.9 Å². The molecule has 1 aliphatic rings. The number of pyridine rings is 1. The van der Waals surface area contributed by atoms with E-state index < -0.39 is 0 Å². The van der Waals surface area contributed by atoms with Crippen molar-refractivity contribution < 1.29 is 4.39 Å². The van der Waals surface area contributed by atoms with Crippen molar-refractivity contribution >= 4 is 22.3 Å². The van der Waals surface area contributed by atoms with Gasteiger partial charge in [0.2, 0.25) is 0 Å². The van der Waals surface area contributed by atoms with Gasteiger partial charge in [0.15, 0.2) is 5.13 Å². The number of anilines is 2. The molecule has 1 N–H and O–H groups in total. The van der Waals surface area contributed by atoms with E-state index in [1.807, 2.05) is 12.3 Å². The van der Waals surface area contributed by atoms with Crippen molar-refractivity contribution in [1.82, 2.24) is 14.9 Å². The largest absolute Gasteiger partial charge is 0.316 e. The molecule has 6 heteroatoms. The fourth-order valence-corrected chi connectivity index (χ4v) is 4.41. The maximum Gasteiger partial charge on any atom is 0.188 e. The lowest BCUT2D eigenvalue weighted by Crippen LogP contribution is -2.32. The van der Waals surface area contributed by atoms with Crippen LogP contribution in [0.3, 0.4) is 0 Å². The van der Waals surface area contributed by atoms with Crippen LogP contribution in [0, 0.1) is 11.7 Å². The molecule has 1 atom stereocenters. The maximum absolute atomic E-state index is 13.1. The minimum atomic E-state index is -0.231. The number of hydrogen-bond donors (Lipinski definition) is 1. The van der Waals surface area contributed by atoms with Gasteiger partial charge in [-0.2, -0.15) is 0 Å². The van der Waals surface area contributed by atoms with Crippen molar-refractivity contribution in [2.45, 2.75) is 19.3 Å². The van der Waals surface area contributed by atoms with Gasteiger partial charge in [-0.25, -0.2) is 14.4 Å². The summed E-state index contributed by atoms with van der Waals surface area (Å²) in [5, 5.41) is 4.04. The Morgan fingerprint density at radius 1 is 1.15 bits per heavy atom. The van der Waals surface area contributed by atoms with Crippen molar-refractivity contribution in [3.63, 3.8) is 0 Å². The van der Waals surface area contributed by atoms with E-state index in [4.69, 9.17) is 0 Å². The van der Waals surface area contributed by atoms with Gasteiger partial charge in [-0.05, 0) is 68.1 Å². The van der Waals surface area contributed by atoms with Crippen molar-refractivity contribution in [3.05, 3.63) is 60.2 Å². The molecule has 2 aromatic heterocycles. The number of nitrogens with one attached hydrogen (secondary N) is 1. The van der Waals surface area contributed by atoms with E-state index in [0.29, 0.717) is 0 Å². The van der Waals surface area contributed by atoms with Gasteiger partial charge in [-0.1, -0.05) is 29.5 Å². The lowest BCUT2D eigenvalue weighted by Gasteiger charge is -2.29. The lowest BCUT2D eigenvalue weighted by atomic mass is 9.92. The van der Waals surface area contributed by atoms with Gasteiger partial charge in [0.1, 0.15) is 11.6 Å². The average molecular weight is 383 g/mol. The van der Waals surface area contributed by atoms with Crippen molar-refractivity contribution in [3.8, 4) is 10.4 Å². The van der Waals surface area contributed by atoms with E-state index in [2.05, 4.69) is 33.3 Å². The average Bonchev–Trinajstić information content (AvgIpc) is 3.12. The molecule has 4 rings (SSSR count). The summed E-state index contributed by atoms with van der Waals surface area (Å²) in [7, 11) is 2.20. The van der Waals surface area contributed by atoms with Crippen LogP contribution in [-0.2, 0) is 6.42 Å². The fourth-order valence-electron chi connectivity index (χ4n) is 3.58. The maximum atomic E-state index is 13.1. The summed E-state index contributed by atoms with van der Waals surface area (Å²) in [5.41, 5.74) is 2.25. The molecule has 3 aromatic rings. The second-order valence-electron chi connectivity index (χ2n) is 7.19. The number of nitrogens with zero attached hydrogens (tertiary/aromatic N) is 3. The monoisotopic (exact) mass is 382 g/mol. The van der Waals surface area contributed by atoms with E-state index in [1.54, 1.807) is 18.3 Å². The van der Waals surface area contributed by atoms with Crippen LogP contribution in [0.4, 0.5) is 15.3 Å². The van der Waals surface area contributed by atoms with Crippen LogP contribution in [0.25, 0.3) is 10.4 Å². The second kappa shape index (κ2) is 8.15. The van der Waals surface area contributed by atoms with Gasteiger partial charge in [0.25, 0.3) is 0 Å². The van der Waals surface area contributed by atoms with Crippen molar-refractivity contribution in [2.75, 3.05) is 25.5 Å². The molecule has 0 radical (unpaired) electrons. The Hall–Kier alpha value is -2.31. The number of aromatic nitrogens is 2. The third-order valence-electron chi connectivity index (χ3n) is 4.94. The molecule has 4 nitrogen and oxygen atoms in total. The molecule has 1 fully saturated rings. The SMILES string of the molecule is CN1CCC[C@@H](Cc2ccc(Nc3ncc(-c4ccc(F)cc4)s3)nc2)C1. The van der Waals surface area contributed by atoms with Gasteiger partial charge >= 0.3 is 0 Å². The summed E-state index contributed by atoms with van der Waals surface area (Å²) < 4.78 is 13.1. The topological polar surface area (TPSA) is 41.0 Å². The molecular weight excluding hydrogens is 359 g/mol. The summed E-state index contributed by atoms with van der Waals surface area (Å²) in [6, 6.07) is 10.6. The molecule has 1 saturated heterocycles. The highest BCUT2D eigenvalue weighted by atomic mass is 32.1. The minimum Gasteiger partial charge on any atom is -0.316 e. The summed E-state index contributed by atoms with van der Waals surface area (Å²) in [4.78, 5) is 12.4. The molecule has 140 valence electrons. The quantitative estimate of drug-likeness (QED) is 0.676. The number of halogens is 1. The summed E-state index contributed by atoms with van der Waals surface area (Å²) >= 11 is 1.53. The Labute approximate surface area is 163 Å². The van der Waals surface area contributed by atoms with Crippen LogP contribution >= 0.6 is 11.3 Å². The van der Waals surface area contributed by atoms with E-state index in [1.165, 1.54) is 55.0 Å². The summed E-state index contributed by atoms with van der Waals surface area (Å²) in [6.45, 7) is 2.39. The van der Waals surface area contributed by atoms with Crippen molar-refractivity contribution in [2.24, 2.45) is 5.92 Å². The molecule has 27 heavy (non-hydrogen) atoms. The molecule has 0 amide bonds. The molecule has 3 heterocycles. The van der Waals surface area contributed by atoms with Gasteiger partial charge in [-0.3, -0.25) is 0 Å². The first-order chi connectivity index (χ1) is 13.2. The Bertz CT molecular complexity index is 876. The van der Waals surface area contributed by atoms with Gasteiger partial charge < -0.3 is 10.2 Å². The first-order valence-electron chi connectivity index (χ1n) is 9.28. The summed E-state index contributed by atoms with van der Waals surface area (Å²) in [6.07, 6.45) is 7.44. The van der Waals surface area contributed by atoms with E-state index in [0.717, 1.165) is 33.7 Å². The van der Waals surface area contributed by atoms with Crippen LogP contribution < -0.4 is 5.32 Å². The normalized spacial score (nSPS) is 17.8. The molecule has 1 aromatic carbocycles. The molecule has 1 aliphatic heterocycles. The number of piperidine rings is 1. The third kappa shape index (κ3) is 4.70. The Morgan fingerprint density at radius 2 is 2.00 bits per heavy atom. The predicted molar refractivity (Wildman–Crippen MR) is 109 cm³/mol. The molecular formula is C21H23FN4S. The van der Waals surface area contributed by atoms with Crippen molar-refractivity contribution in [1.29, 1.82) is 0 Å². The smallest absolute Gasteiger partial charge is 0.188 e. The van der Waals surface area contributed by atoms with Crippen LogP contribution in [0.5, 0.6) is 0 Å². The molecule has 0 saturated carbocycles. The zero-order chi connectivity index (χ0) is 18.6. The van der Waals surface area contributed by atoms with Gasteiger partial charge in [-0.15, -0.1) is 0 Å². The van der Waals surface area contributed by atoms with Crippen LogP contribution in [0.1, 0.15) is 18.4 Å². The van der Waals surface area contributed by atoms with E-state index in [-0.39, 0.29) is 5.82 Å². The zero-order valence-corrected chi connectivity index (χ0v) is 16.2. The number of rotatable bonds is 5. The van der Waals surface area contributed by atoms with Crippen LogP contribution in [0.2, 0.25) is 0 Å². The highest BCUT2D eigenvalue weighted by Crippen LogP contribution is 2.30. The number of benzene rings is 1. The molecule has 0 unspecified atom stereocenters. The fraction of sp³-hybridized carbons (Fsp3) is 0.333. The van der Waals surface area contributed by atoms with E-state index >= 15 is 0 Å². The number of hydrogen-bond acceptors (Lipinski definition) is 5. The number of likely N-dealkylation sites (tertiary alicyclic amines) is 1. The highest BCUT2D eigenvalue weighted by Gasteiger charge is 2.17. The lowest BCUT2D eigenvalue weighted by molar-refractivity contribution is 0.209. The summed E-state index contributed by atoms with van der Waals surface area (Å²) in [5.74, 6) is 1.28. The molecule has 0 spiro atoms. The molecule has 0 bridgehead atoms. The minimum absolute atomic E-state index is 0.231. The van der Waals surface area contributed by atoms with Gasteiger partial charge in [0.05, 0.1) is 4.88 Å². The zero-order valence-electron chi connectivity index (χ0n) is 15.4.